The van der Waals surface area contributed by atoms with E-state index in [0.29, 0.717) is 5.56 Å². The third kappa shape index (κ3) is 3.89. The van der Waals surface area contributed by atoms with Crippen LogP contribution in [-0.2, 0) is 0 Å². The number of aliphatic hydroxyl groups excluding tert-OH is 1. The quantitative estimate of drug-likeness (QED) is 0.853. The van der Waals surface area contributed by atoms with Gasteiger partial charge in [-0.15, -0.1) is 0 Å². The summed E-state index contributed by atoms with van der Waals surface area (Å²) in [4.78, 5) is 12.1. The number of aryl methyl sites for hydroxylation is 1. The predicted octanol–water partition coefficient (Wildman–Crippen LogP) is 3.14. The van der Waals surface area contributed by atoms with Crippen LogP contribution in [0.5, 0.6) is 5.75 Å². The summed E-state index contributed by atoms with van der Waals surface area (Å²) in [6.45, 7) is 3.50. The first-order valence-corrected chi connectivity index (χ1v) is 7.58. The molecule has 1 atom stereocenters. The maximum absolute atomic E-state index is 14.2. The zero-order valence-electron chi connectivity index (χ0n) is 13.5. The van der Waals surface area contributed by atoms with Gasteiger partial charge in [-0.2, -0.15) is 0 Å². The molecule has 0 heterocycles. The van der Waals surface area contributed by atoms with Gasteiger partial charge in [0.05, 0.1) is 12.7 Å². The van der Waals surface area contributed by atoms with E-state index in [1.165, 1.54) is 0 Å². The smallest absolute Gasteiger partial charge is 0.257 e. The number of benzene rings is 2. The highest BCUT2D eigenvalue weighted by Crippen LogP contribution is 2.23. The van der Waals surface area contributed by atoms with Crippen LogP contribution in [0.4, 0.5) is 8.78 Å². The summed E-state index contributed by atoms with van der Waals surface area (Å²) in [6, 6.07) is 9.24. The fourth-order valence-electron chi connectivity index (χ4n) is 2.36. The molecule has 2 N–H and O–H groups in total. The minimum atomic E-state index is -1.06. The highest BCUT2D eigenvalue weighted by atomic mass is 19.1. The van der Waals surface area contributed by atoms with Crippen molar-refractivity contribution < 1.29 is 23.4 Å². The van der Waals surface area contributed by atoms with Crippen molar-refractivity contribution in [2.45, 2.75) is 20.0 Å². The molecule has 0 aromatic heterocycles. The van der Waals surface area contributed by atoms with Gasteiger partial charge >= 0.3 is 0 Å². The molecule has 128 valence electrons. The molecule has 0 spiro atoms. The summed E-state index contributed by atoms with van der Waals surface area (Å²) in [5, 5.41) is 12.5. The topological polar surface area (TPSA) is 58.6 Å². The van der Waals surface area contributed by atoms with E-state index in [-0.39, 0.29) is 18.9 Å². The van der Waals surface area contributed by atoms with E-state index in [1.807, 2.05) is 19.1 Å². The molecule has 0 saturated heterocycles. The van der Waals surface area contributed by atoms with Gasteiger partial charge < -0.3 is 15.2 Å². The highest BCUT2D eigenvalue weighted by molar-refractivity contribution is 5.95. The molecule has 0 aliphatic heterocycles. The first-order chi connectivity index (χ1) is 11.5. The third-order valence-electron chi connectivity index (χ3n) is 3.59. The van der Waals surface area contributed by atoms with Crippen LogP contribution >= 0.6 is 0 Å². The van der Waals surface area contributed by atoms with Gasteiger partial charge in [-0.25, -0.2) is 8.78 Å². The normalized spacial score (nSPS) is 11.9. The number of carbonyl (C=O) groups is 1. The Morgan fingerprint density at radius 1 is 1.25 bits per heavy atom. The number of ether oxygens (including phenoxy) is 1. The van der Waals surface area contributed by atoms with Gasteiger partial charge in [0.2, 0.25) is 0 Å². The van der Waals surface area contributed by atoms with Gasteiger partial charge in [0, 0.05) is 6.54 Å². The summed E-state index contributed by atoms with van der Waals surface area (Å²) in [6.07, 6.45) is -0.976. The van der Waals surface area contributed by atoms with Gasteiger partial charge in [0.1, 0.15) is 11.4 Å². The molecule has 0 bridgehead atoms. The van der Waals surface area contributed by atoms with Crippen LogP contribution in [0, 0.1) is 18.6 Å². The van der Waals surface area contributed by atoms with Crippen molar-refractivity contribution in [2.24, 2.45) is 0 Å². The Kier molecular flexibility index (Phi) is 5.87. The van der Waals surface area contributed by atoms with Crippen molar-refractivity contribution in [3.05, 3.63) is 64.7 Å². The average molecular weight is 335 g/mol. The second-order valence-electron chi connectivity index (χ2n) is 5.25. The molecule has 2 aromatic rings. The predicted molar refractivity (Wildman–Crippen MR) is 86.0 cm³/mol. The van der Waals surface area contributed by atoms with Gasteiger partial charge in [-0.3, -0.25) is 4.79 Å². The fraction of sp³-hybridized carbons (Fsp3) is 0.278. The molecule has 1 amide bonds. The summed E-state index contributed by atoms with van der Waals surface area (Å²) >= 11 is 0. The highest BCUT2D eigenvalue weighted by Gasteiger charge is 2.22. The fourth-order valence-corrected chi connectivity index (χ4v) is 2.36. The number of halogens is 2. The minimum Gasteiger partial charge on any atom is -0.491 e. The van der Waals surface area contributed by atoms with Crippen molar-refractivity contribution in [3.63, 3.8) is 0 Å². The van der Waals surface area contributed by atoms with Crippen LogP contribution in [-0.4, -0.2) is 24.2 Å². The molecule has 0 saturated carbocycles. The number of nitrogens with one attached hydrogen (secondary N) is 1. The Balaban J connectivity index is 2.13. The maximum Gasteiger partial charge on any atom is 0.257 e. The molecule has 0 aliphatic rings. The molecular weight excluding hydrogens is 316 g/mol. The van der Waals surface area contributed by atoms with Gasteiger partial charge in [-0.05, 0) is 37.1 Å². The standard InChI is InChI=1S/C18H19F2NO3/c1-3-24-15-9-8-13(19)16(17(15)20)18(23)21-10-14(22)12-7-5-4-6-11(12)2/h4-9,14,22H,3,10H2,1-2H3,(H,21,23). The van der Waals surface area contributed by atoms with Gasteiger partial charge in [0.15, 0.2) is 11.6 Å². The van der Waals surface area contributed by atoms with Crippen LogP contribution < -0.4 is 10.1 Å². The Morgan fingerprint density at radius 2 is 1.96 bits per heavy atom. The molecule has 2 aromatic carbocycles. The lowest BCUT2D eigenvalue weighted by Gasteiger charge is -2.15. The van der Waals surface area contributed by atoms with E-state index in [1.54, 1.807) is 19.1 Å². The summed E-state index contributed by atoms with van der Waals surface area (Å²) in [5.41, 5.74) is 0.773. The summed E-state index contributed by atoms with van der Waals surface area (Å²) in [5.74, 6) is -3.18. The molecular formula is C18H19F2NO3. The van der Waals surface area contributed by atoms with Crippen molar-refractivity contribution >= 4 is 5.91 Å². The number of hydrogen-bond acceptors (Lipinski definition) is 3. The first-order valence-electron chi connectivity index (χ1n) is 7.58. The van der Waals surface area contributed by atoms with Crippen molar-refractivity contribution in [2.75, 3.05) is 13.2 Å². The third-order valence-corrected chi connectivity index (χ3v) is 3.59. The van der Waals surface area contributed by atoms with Gasteiger partial charge in [0.25, 0.3) is 5.91 Å². The summed E-state index contributed by atoms with van der Waals surface area (Å²) in [7, 11) is 0. The second-order valence-corrected chi connectivity index (χ2v) is 5.25. The number of rotatable bonds is 6. The number of hydrogen-bond donors (Lipinski definition) is 2. The Bertz CT molecular complexity index is 734. The minimum absolute atomic E-state index is 0.165. The molecule has 24 heavy (non-hydrogen) atoms. The average Bonchev–Trinajstić information content (AvgIpc) is 2.56. The second kappa shape index (κ2) is 7.88. The number of aliphatic hydroxyl groups is 1. The van der Waals surface area contributed by atoms with E-state index in [0.717, 1.165) is 17.7 Å². The molecule has 0 radical (unpaired) electrons. The molecule has 2 rings (SSSR count). The molecule has 0 fully saturated rings. The first kappa shape index (κ1) is 17.9. The Hall–Kier alpha value is -2.47. The van der Waals surface area contributed by atoms with Crippen LogP contribution in [0.25, 0.3) is 0 Å². The lowest BCUT2D eigenvalue weighted by molar-refractivity contribution is 0.0906. The lowest BCUT2D eigenvalue weighted by Crippen LogP contribution is -2.30. The van der Waals surface area contributed by atoms with E-state index >= 15 is 0 Å². The van der Waals surface area contributed by atoms with Crippen LogP contribution in [0.15, 0.2) is 36.4 Å². The number of carbonyl (C=O) groups excluding carboxylic acids is 1. The van der Waals surface area contributed by atoms with E-state index in [4.69, 9.17) is 4.74 Å². The number of amides is 1. The van der Waals surface area contributed by atoms with Crippen LogP contribution in [0.2, 0.25) is 0 Å². The van der Waals surface area contributed by atoms with Crippen molar-refractivity contribution in [1.29, 1.82) is 0 Å². The molecule has 1 unspecified atom stereocenters. The van der Waals surface area contributed by atoms with E-state index in [2.05, 4.69) is 5.32 Å². The Labute approximate surface area is 139 Å². The van der Waals surface area contributed by atoms with E-state index in [9.17, 15) is 18.7 Å². The summed E-state index contributed by atoms with van der Waals surface area (Å²) < 4.78 is 33.0. The largest absolute Gasteiger partial charge is 0.491 e. The molecule has 4 nitrogen and oxygen atoms in total. The van der Waals surface area contributed by atoms with E-state index < -0.39 is 29.2 Å². The zero-order chi connectivity index (χ0) is 17.7. The van der Waals surface area contributed by atoms with Gasteiger partial charge in [-0.1, -0.05) is 24.3 Å². The lowest BCUT2D eigenvalue weighted by atomic mass is 10.0. The van der Waals surface area contributed by atoms with Crippen LogP contribution in [0.3, 0.4) is 0 Å². The van der Waals surface area contributed by atoms with Crippen LogP contribution in [0.1, 0.15) is 34.5 Å². The maximum atomic E-state index is 14.2. The van der Waals surface area contributed by atoms with Crippen molar-refractivity contribution in [3.8, 4) is 5.75 Å². The Morgan fingerprint density at radius 3 is 2.62 bits per heavy atom. The monoisotopic (exact) mass is 335 g/mol. The molecule has 0 aliphatic carbocycles. The molecule has 6 heteroatoms. The van der Waals surface area contributed by atoms with Crippen molar-refractivity contribution in [1.82, 2.24) is 5.32 Å². The zero-order valence-corrected chi connectivity index (χ0v) is 13.5. The SMILES string of the molecule is CCOc1ccc(F)c(C(=O)NCC(O)c2ccccc2C)c1F.